The molecule has 1 amide bonds. The van der Waals surface area contributed by atoms with Crippen molar-refractivity contribution in [1.29, 1.82) is 0 Å². The fourth-order valence-electron chi connectivity index (χ4n) is 5.77. The molecule has 2 aromatic carbocycles. The molecule has 0 unspecified atom stereocenters. The van der Waals surface area contributed by atoms with Crippen LogP contribution >= 0.6 is 0 Å². The Hall–Kier alpha value is -3.12. The van der Waals surface area contributed by atoms with Crippen molar-refractivity contribution in [2.75, 3.05) is 13.7 Å². The van der Waals surface area contributed by atoms with Crippen LogP contribution in [0.4, 0.5) is 4.79 Å². The molecular weight excluding hydrogens is 500 g/mol. The zero-order chi connectivity index (χ0) is 28.7. The van der Waals surface area contributed by atoms with Crippen molar-refractivity contribution in [3.8, 4) is 0 Å². The Labute approximate surface area is 240 Å². The smallest absolute Gasteiger partial charge is 0.410 e. The van der Waals surface area contributed by atoms with Gasteiger partial charge >= 0.3 is 12.1 Å². The number of carbonyl (C=O) groups excluding carboxylic acids is 2. The first-order valence-electron chi connectivity index (χ1n) is 14.8. The van der Waals surface area contributed by atoms with E-state index >= 15 is 0 Å². The summed E-state index contributed by atoms with van der Waals surface area (Å²) >= 11 is 0. The Bertz CT molecular complexity index is 1140. The zero-order valence-electron chi connectivity index (χ0n) is 24.8. The van der Waals surface area contributed by atoms with E-state index in [1.54, 1.807) is 17.7 Å². The van der Waals surface area contributed by atoms with Crippen LogP contribution in [0.25, 0.3) is 6.08 Å². The first-order chi connectivity index (χ1) is 19.2. The van der Waals surface area contributed by atoms with Gasteiger partial charge in [-0.25, -0.2) is 9.59 Å². The average molecular weight is 547 g/mol. The van der Waals surface area contributed by atoms with Crippen LogP contribution in [0.5, 0.6) is 0 Å². The second kappa shape index (κ2) is 13.5. The van der Waals surface area contributed by atoms with E-state index < -0.39 is 5.60 Å². The quantitative estimate of drug-likeness (QED) is 0.318. The number of ether oxygens (including phenoxy) is 2. The molecule has 2 aliphatic rings. The molecule has 0 bridgehead atoms. The molecule has 0 aliphatic heterocycles. The highest BCUT2D eigenvalue weighted by molar-refractivity contribution is 5.89. The molecule has 2 atom stereocenters. The Morgan fingerprint density at radius 3 is 2.27 bits per heavy atom. The normalized spacial score (nSPS) is 22.9. The van der Waals surface area contributed by atoms with Crippen molar-refractivity contribution < 1.29 is 19.1 Å². The van der Waals surface area contributed by atoms with Crippen molar-refractivity contribution in [3.63, 3.8) is 0 Å². The number of amides is 1. The minimum atomic E-state index is -0.557. The van der Waals surface area contributed by atoms with Gasteiger partial charge in [-0.15, -0.1) is 0 Å². The van der Waals surface area contributed by atoms with Crippen molar-refractivity contribution >= 4 is 18.1 Å². The van der Waals surface area contributed by atoms with Gasteiger partial charge in [0.15, 0.2) is 0 Å². The van der Waals surface area contributed by atoms with E-state index in [4.69, 9.17) is 9.47 Å². The average Bonchev–Trinajstić information content (AvgIpc) is 3.73. The Balaban J connectivity index is 1.30. The van der Waals surface area contributed by atoms with Gasteiger partial charge in [0.1, 0.15) is 5.60 Å². The van der Waals surface area contributed by atoms with Gasteiger partial charge in [0.25, 0.3) is 0 Å². The van der Waals surface area contributed by atoms with E-state index in [9.17, 15) is 9.59 Å². The summed E-state index contributed by atoms with van der Waals surface area (Å²) in [5.74, 6) is 0.911. The number of nitrogens with zero attached hydrogens (tertiary/aromatic N) is 1. The summed E-state index contributed by atoms with van der Waals surface area (Å²) in [4.78, 5) is 27.0. The van der Waals surface area contributed by atoms with Gasteiger partial charge in [-0.1, -0.05) is 61.0 Å². The summed E-state index contributed by atoms with van der Waals surface area (Å²) in [7, 11) is 1.38. The second-order valence-corrected chi connectivity index (χ2v) is 12.3. The third-order valence-electron chi connectivity index (χ3n) is 8.11. The van der Waals surface area contributed by atoms with Gasteiger partial charge in [0.05, 0.1) is 12.7 Å². The molecule has 6 nitrogen and oxygen atoms in total. The first-order valence-corrected chi connectivity index (χ1v) is 14.8. The molecule has 4 rings (SSSR count). The third-order valence-corrected chi connectivity index (χ3v) is 8.11. The molecule has 0 heterocycles. The monoisotopic (exact) mass is 546 g/mol. The number of nitrogens with one attached hydrogen (secondary N) is 1. The van der Waals surface area contributed by atoms with Crippen LogP contribution in [0, 0.1) is 11.8 Å². The van der Waals surface area contributed by atoms with Gasteiger partial charge in [0.2, 0.25) is 0 Å². The topological polar surface area (TPSA) is 67.9 Å². The lowest BCUT2D eigenvalue weighted by atomic mass is 9.85. The SMILES string of the molecule is CC/C(=C\c1ccccc1)[C@@H]1C[C@H]1NCC1CCC(N(Cc2ccc(C(=O)OC)cc2)C(=O)OC(C)(C)C)CC1. The van der Waals surface area contributed by atoms with E-state index in [-0.39, 0.29) is 18.1 Å². The number of rotatable bonds is 10. The summed E-state index contributed by atoms with van der Waals surface area (Å²) < 4.78 is 10.6. The largest absolute Gasteiger partial charge is 0.465 e. The molecule has 6 heteroatoms. The summed E-state index contributed by atoms with van der Waals surface area (Å²) in [5.41, 5.74) is 3.75. The van der Waals surface area contributed by atoms with E-state index in [0.717, 1.165) is 44.2 Å². The number of carbonyl (C=O) groups is 2. The minimum absolute atomic E-state index is 0.139. The highest BCUT2D eigenvalue weighted by atomic mass is 16.6. The van der Waals surface area contributed by atoms with Crippen molar-refractivity contribution in [3.05, 3.63) is 76.9 Å². The lowest BCUT2D eigenvalue weighted by Gasteiger charge is -2.38. The molecule has 2 aromatic rings. The fraction of sp³-hybridized carbons (Fsp3) is 0.529. The lowest BCUT2D eigenvalue weighted by Crippen LogP contribution is -2.45. The van der Waals surface area contributed by atoms with Crippen molar-refractivity contribution in [2.45, 2.75) is 90.4 Å². The lowest BCUT2D eigenvalue weighted by molar-refractivity contribution is 0.00796. The molecule has 0 saturated heterocycles. The Kier molecular flexibility index (Phi) is 10.1. The standard InChI is InChI=1S/C34H46N2O4/c1-6-27(20-24-10-8-7-9-11-24)30-21-31(30)35-22-25-14-18-29(19-15-25)36(33(38)40-34(2,3)4)23-26-12-16-28(17-13-26)32(37)39-5/h7-13,16-17,20,25,29-31,35H,6,14-15,18-19,21-23H2,1-5H3/b27-20+/t25?,29?,30-,31+/m0/s1. The van der Waals surface area contributed by atoms with Crippen LogP contribution in [0.3, 0.4) is 0 Å². The van der Waals surface area contributed by atoms with Gasteiger partial charge in [0, 0.05) is 18.6 Å². The van der Waals surface area contributed by atoms with Gasteiger partial charge < -0.3 is 19.7 Å². The van der Waals surface area contributed by atoms with Crippen molar-refractivity contribution in [2.24, 2.45) is 11.8 Å². The fourth-order valence-corrected chi connectivity index (χ4v) is 5.77. The van der Waals surface area contributed by atoms with Crippen LogP contribution in [0.2, 0.25) is 0 Å². The van der Waals surface area contributed by atoms with Gasteiger partial charge in [-0.2, -0.15) is 0 Å². The Morgan fingerprint density at radius 2 is 1.68 bits per heavy atom. The van der Waals surface area contributed by atoms with Crippen molar-refractivity contribution in [1.82, 2.24) is 10.2 Å². The van der Waals surface area contributed by atoms with Crippen LogP contribution in [0.1, 0.15) is 87.7 Å². The summed E-state index contributed by atoms with van der Waals surface area (Å²) in [6, 6.07) is 18.6. The van der Waals surface area contributed by atoms with E-state index in [1.165, 1.54) is 19.1 Å². The van der Waals surface area contributed by atoms with Gasteiger partial charge in [-0.05, 0) is 101 Å². The van der Waals surface area contributed by atoms with Crippen LogP contribution in [-0.4, -0.2) is 48.3 Å². The highest BCUT2D eigenvalue weighted by Gasteiger charge is 2.39. The molecule has 40 heavy (non-hydrogen) atoms. The molecular formula is C34H46N2O4. The number of esters is 1. The van der Waals surface area contributed by atoms with E-state index in [2.05, 4.69) is 48.6 Å². The van der Waals surface area contributed by atoms with Crippen LogP contribution in [-0.2, 0) is 16.0 Å². The number of methoxy groups -OCH3 is 1. The zero-order valence-corrected chi connectivity index (χ0v) is 24.8. The molecule has 2 aliphatic carbocycles. The predicted molar refractivity (Wildman–Crippen MR) is 160 cm³/mol. The molecule has 216 valence electrons. The molecule has 0 aromatic heterocycles. The Morgan fingerprint density at radius 1 is 1.00 bits per heavy atom. The molecule has 0 spiro atoms. The second-order valence-electron chi connectivity index (χ2n) is 12.3. The summed E-state index contributed by atoms with van der Waals surface area (Å²) in [5, 5.41) is 3.85. The minimum Gasteiger partial charge on any atom is -0.465 e. The first kappa shape index (κ1) is 29.9. The molecule has 1 N–H and O–H groups in total. The van der Waals surface area contributed by atoms with Gasteiger partial charge in [-0.3, -0.25) is 0 Å². The summed E-state index contributed by atoms with van der Waals surface area (Å²) in [6.07, 6.45) is 8.53. The van der Waals surface area contributed by atoms with Crippen LogP contribution < -0.4 is 5.32 Å². The summed E-state index contributed by atoms with van der Waals surface area (Å²) in [6.45, 7) is 9.47. The highest BCUT2D eigenvalue weighted by Crippen LogP contribution is 2.40. The third kappa shape index (κ3) is 8.44. The van der Waals surface area contributed by atoms with Crippen LogP contribution in [0.15, 0.2) is 60.2 Å². The maximum Gasteiger partial charge on any atom is 0.410 e. The maximum absolute atomic E-state index is 13.3. The van der Waals surface area contributed by atoms with E-state index in [1.807, 2.05) is 37.8 Å². The number of hydrogen-bond donors (Lipinski definition) is 1. The van der Waals surface area contributed by atoms with E-state index in [0.29, 0.717) is 30.0 Å². The number of hydrogen-bond acceptors (Lipinski definition) is 5. The number of benzene rings is 2. The maximum atomic E-state index is 13.3. The predicted octanol–water partition coefficient (Wildman–Crippen LogP) is 7.24. The molecule has 0 radical (unpaired) electrons. The molecule has 2 fully saturated rings. The molecule has 2 saturated carbocycles.